The standard InChI is InChI=1S/C21H23N3O2/c1-13(2)15-4-5-20-18(8-15)21(25)17(12-26-20)11-24-7-6-19-16(10-24)9-22-14(3)23-19/h4-5,8-9,12-13H,6-7,10-11H2,1-3H3. The van der Waals surface area contributed by atoms with Gasteiger partial charge in [0.2, 0.25) is 0 Å². The summed E-state index contributed by atoms with van der Waals surface area (Å²) in [6.07, 6.45) is 4.40. The normalized spacial score (nSPS) is 14.8. The van der Waals surface area contributed by atoms with Crippen molar-refractivity contribution >= 4 is 11.0 Å². The molecule has 0 saturated heterocycles. The van der Waals surface area contributed by atoms with E-state index < -0.39 is 0 Å². The van der Waals surface area contributed by atoms with Gasteiger partial charge < -0.3 is 4.42 Å². The molecule has 0 radical (unpaired) electrons. The van der Waals surface area contributed by atoms with Crippen molar-refractivity contribution in [1.82, 2.24) is 14.9 Å². The number of benzene rings is 1. The molecule has 0 aliphatic carbocycles. The van der Waals surface area contributed by atoms with Gasteiger partial charge in [0.25, 0.3) is 0 Å². The second-order valence-electron chi connectivity index (χ2n) is 7.35. The topological polar surface area (TPSA) is 59.2 Å². The molecule has 3 aromatic rings. The smallest absolute Gasteiger partial charge is 0.197 e. The molecule has 1 aromatic carbocycles. The maximum atomic E-state index is 13.0. The van der Waals surface area contributed by atoms with Crippen molar-refractivity contribution in [3.63, 3.8) is 0 Å². The molecule has 1 aliphatic heterocycles. The predicted octanol–water partition coefficient (Wildman–Crippen LogP) is 3.57. The molecule has 2 aromatic heterocycles. The molecule has 5 nitrogen and oxygen atoms in total. The Morgan fingerprint density at radius 1 is 1.31 bits per heavy atom. The van der Waals surface area contributed by atoms with Crippen molar-refractivity contribution in [1.29, 1.82) is 0 Å². The van der Waals surface area contributed by atoms with Gasteiger partial charge >= 0.3 is 0 Å². The summed E-state index contributed by atoms with van der Waals surface area (Å²) in [4.78, 5) is 24.0. The Morgan fingerprint density at radius 2 is 2.15 bits per heavy atom. The van der Waals surface area contributed by atoms with Gasteiger partial charge in [0.15, 0.2) is 5.43 Å². The van der Waals surface area contributed by atoms with Crippen LogP contribution in [0.25, 0.3) is 11.0 Å². The molecule has 0 saturated carbocycles. The van der Waals surface area contributed by atoms with Crippen LogP contribution < -0.4 is 5.43 Å². The zero-order valence-electron chi connectivity index (χ0n) is 15.5. The minimum atomic E-state index is 0.0692. The summed E-state index contributed by atoms with van der Waals surface area (Å²) >= 11 is 0. The number of nitrogens with zero attached hydrogens (tertiary/aromatic N) is 3. The monoisotopic (exact) mass is 349 g/mol. The van der Waals surface area contributed by atoms with E-state index in [-0.39, 0.29) is 5.43 Å². The largest absolute Gasteiger partial charge is 0.464 e. The Balaban J connectivity index is 1.62. The molecule has 1 aliphatic rings. The summed E-state index contributed by atoms with van der Waals surface area (Å²) in [6, 6.07) is 5.89. The van der Waals surface area contributed by atoms with Crippen molar-refractivity contribution in [2.24, 2.45) is 0 Å². The van der Waals surface area contributed by atoms with E-state index in [0.29, 0.717) is 29.0 Å². The fraction of sp³-hybridized carbons (Fsp3) is 0.381. The highest BCUT2D eigenvalue weighted by atomic mass is 16.3. The third kappa shape index (κ3) is 3.15. The van der Waals surface area contributed by atoms with Crippen molar-refractivity contribution in [3.8, 4) is 0 Å². The lowest BCUT2D eigenvalue weighted by atomic mass is 10.0. The van der Waals surface area contributed by atoms with E-state index in [1.54, 1.807) is 6.26 Å². The molecule has 0 unspecified atom stereocenters. The molecule has 0 amide bonds. The number of rotatable bonds is 3. The first-order valence-corrected chi connectivity index (χ1v) is 9.09. The molecule has 0 fully saturated rings. The Kier molecular flexibility index (Phi) is 4.32. The van der Waals surface area contributed by atoms with Crippen LogP contribution in [0.5, 0.6) is 0 Å². The van der Waals surface area contributed by atoms with Crippen LogP contribution in [0.1, 0.15) is 48.0 Å². The molecule has 0 bridgehead atoms. The molecule has 0 atom stereocenters. The number of aromatic nitrogens is 2. The van der Waals surface area contributed by atoms with E-state index >= 15 is 0 Å². The minimum absolute atomic E-state index is 0.0692. The van der Waals surface area contributed by atoms with Gasteiger partial charge in [0, 0.05) is 49.1 Å². The first-order chi connectivity index (χ1) is 12.5. The molecular formula is C21H23N3O2. The summed E-state index contributed by atoms with van der Waals surface area (Å²) in [7, 11) is 0. The Hall–Kier alpha value is -2.53. The average Bonchev–Trinajstić information content (AvgIpc) is 2.64. The van der Waals surface area contributed by atoms with E-state index in [2.05, 4.69) is 28.7 Å². The first kappa shape index (κ1) is 16.9. The third-order valence-corrected chi connectivity index (χ3v) is 5.06. The second-order valence-corrected chi connectivity index (χ2v) is 7.35. The highest BCUT2D eigenvalue weighted by Crippen LogP contribution is 2.21. The van der Waals surface area contributed by atoms with E-state index in [1.165, 1.54) is 0 Å². The Bertz CT molecular complexity index is 1020. The zero-order valence-corrected chi connectivity index (χ0v) is 15.5. The van der Waals surface area contributed by atoms with Crippen LogP contribution in [0.2, 0.25) is 0 Å². The summed E-state index contributed by atoms with van der Waals surface area (Å²) in [5.41, 5.74) is 4.85. The third-order valence-electron chi connectivity index (χ3n) is 5.06. The molecule has 4 rings (SSSR count). The van der Waals surface area contributed by atoms with E-state index in [1.807, 2.05) is 31.3 Å². The maximum Gasteiger partial charge on any atom is 0.197 e. The quantitative estimate of drug-likeness (QED) is 0.723. The van der Waals surface area contributed by atoms with Gasteiger partial charge in [-0.25, -0.2) is 9.97 Å². The first-order valence-electron chi connectivity index (χ1n) is 9.09. The van der Waals surface area contributed by atoms with Crippen LogP contribution in [0.3, 0.4) is 0 Å². The van der Waals surface area contributed by atoms with Crippen molar-refractivity contribution in [3.05, 3.63) is 69.1 Å². The summed E-state index contributed by atoms with van der Waals surface area (Å²) in [6.45, 7) is 8.39. The lowest BCUT2D eigenvalue weighted by Gasteiger charge is -2.27. The van der Waals surface area contributed by atoms with Gasteiger partial charge in [0.05, 0.1) is 11.6 Å². The maximum absolute atomic E-state index is 13.0. The number of hydrogen-bond acceptors (Lipinski definition) is 5. The van der Waals surface area contributed by atoms with Gasteiger partial charge in [-0.2, -0.15) is 0 Å². The van der Waals surface area contributed by atoms with Gasteiger partial charge in [-0.1, -0.05) is 19.9 Å². The summed E-state index contributed by atoms with van der Waals surface area (Å²) in [5, 5.41) is 0.671. The van der Waals surface area contributed by atoms with Gasteiger partial charge in [0.1, 0.15) is 11.4 Å². The molecule has 134 valence electrons. The molecule has 0 N–H and O–H groups in total. The van der Waals surface area contributed by atoms with E-state index in [4.69, 9.17) is 4.42 Å². The SMILES string of the molecule is Cc1ncc2c(n1)CCN(Cc1coc3ccc(C(C)C)cc3c1=O)C2. The molecule has 5 heteroatoms. The van der Waals surface area contributed by atoms with Crippen molar-refractivity contribution in [2.75, 3.05) is 6.54 Å². The number of hydrogen-bond donors (Lipinski definition) is 0. The van der Waals surface area contributed by atoms with Crippen molar-refractivity contribution < 1.29 is 4.42 Å². The second kappa shape index (κ2) is 6.65. The van der Waals surface area contributed by atoms with Crippen LogP contribution in [0.15, 0.2) is 39.9 Å². The summed E-state index contributed by atoms with van der Waals surface area (Å²) in [5.74, 6) is 1.19. The zero-order chi connectivity index (χ0) is 18.3. The molecule has 3 heterocycles. The van der Waals surface area contributed by atoms with Crippen LogP contribution in [0.4, 0.5) is 0 Å². The summed E-state index contributed by atoms with van der Waals surface area (Å²) < 4.78 is 5.73. The van der Waals surface area contributed by atoms with Crippen LogP contribution in [-0.2, 0) is 19.5 Å². The molecular weight excluding hydrogens is 326 g/mol. The number of aryl methyl sites for hydroxylation is 1. The lowest BCUT2D eigenvalue weighted by molar-refractivity contribution is 0.240. The number of fused-ring (bicyclic) bond motifs is 2. The average molecular weight is 349 g/mol. The minimum Gasteiger partial charge on any atom is -0.464 e. The fourth-order valence-electron chi connectivity index (χ4n) is 3.51. The van der Waals surface area contributed by atoms with Gasteiger partial charge in [-0.15, -0.1) is 0 Å². The fourth-order valence-corrected chi connectivity index (χ4v) is 3.51. The van der Waals surface area contributed by atoms with Crippen LogP contribution in [0, 0.1) is 6.92 Å². The Morgan fingerprint density at radius 3 is 2.96 bits per heavy atom. The predicted molar refractivity (Wildman–Crippen MR) is 101 cm³/mol. The van der Waals surface area contributed by atoms with E-state index in [9.17, 15) is 4.79 Å². The highest BCUT2D eigenvalue weighted by molar-refractivity contribution is 5.77. The molecule has 0 spiro atoms. The van der Waals surface area contributed by atoms with Gasteiger partial charge in [-0.3, -0.25) is 9.69 Å². The molecule has 26 heavy (non-hydrogen) atoms. The lowest BCUT2D eigenvalue weighted by Crippen LogP contribution is -2.32. The van der Waals surface area contributed by atoms with Gasteiger partial charge in [-0.05, 0) is 30.5 Å². The van der Waals surface area contributed by atoms with Crippen molar-refractivity contribution in [2.45, 2.75) is 46.2 Å². The van der Waals surface area contributed by atoms with Crippen LogP contribution >= 0.6 is 0 Å². The Labute approximate surface area is 152 Å². The van der Waals surface area contributed by atoms with Crippen LogP contribution in [-0.4, -0.2) is 21.4 Å². The van der Waals surface area contributed by atoms with E-state index in [0.717, 1.165) is 42.2 Å². The highest BCUT2D eigenvalue weighted by Gasteiger charge is 2.20.